The second-order valence-electron chi connectivity index (χ2n) is 9.60. The molecular weight excluding hydrogens is 520 g/mol. The fourth-order valence-corrected chi connectivity index (χ4v) is 5.34. The lowest BCUT2D eigenvalue weighted by Crippen LogP contribution is -2.20. The Morgan fingerprint density at radius 1 is 1.05 bits per heavy atom. The van der Waals surface area contributed by atoms with Gasteiger partial charge in [0.1, 0.15) is 11.9 Å². The van der Waals surface area contributed by atoms with Gasteiger partial charge in [0.25, 0.3) is 0 Å². The summed E-state index contributed by atoms with van der Waals surface area (Å²) in [6, 6.07) is 12.7. The molecule has 0 aliphatic heterocycles. The molecule has 39 heavy (non-hydrogen) atoms. The molecule has 1 N–H and O–H groups in total. The minimum absolute atomic E-state index is 0.0918. The molecule has 1 atom stereocenters. The molecule has 0 bridgehead atoms. The lowest BCUT2D eigenvalue weighted by Gasteiger charge is -2.19. The molecule has 0 aliphatic carbocycles. The molecular formula is C28H36N4O6S. The molecule has 0 aliphatic rings. The first-order chi connectivity index (χ1) is 18.6. The van der Waals surface area contributed by atoms with Gasteiger partial charge in [-0.3, -0.25) is 14.3 Å². The zero-order valence-corrected chi connectivity index (χ0v) is 23.6. The topological polar surface area (TPSA) is 129 Å². The van der Waals surface area contributed by atoms with Crippen molar-refractivity contribution in [2.24, 2.45) is 0 Å². The van der Waals surface area contributed by atoms with Gasteiger partial charge in [0, 0.05) is 31.8 Å². The van der Waals surface area contributed by atoms with E-state index in [9.17, 15) is 18.0 Å². The second-order valence-corrected chi connectivity index (χ2v) is 11.6. The van der Waals surface area contributed by atoms with Crippen LogP contribution in [0.3, 0.4) is 0 Å². The maximum absolute atomic E-state index is 13.0. The van der Waals surface area contributed by atoms with Crippen LogP contribution < -0.4 is 10.1 Å². The average Bonchev–Trinajstić information content (AvgIpc) is 3.37. The maximum atomic E-state index is 13.0. The van der Waals surface area contributed by atoms with E-state index in [2.05, 4.69) is 29.5 Å². The number of nitrogens with one attached hydrogen (secondary N) is 1. The van der Waals surface area contributed by atoms with Gasteiger partial charge in [-0.25, -0.2) is 8.42 Å². The highest BCUT2D eigenvalue weighted by Gasteiger charge is 2.25. The lowest BCUT2D eigenvalue weighted by atomic mass is 10.1. The van der Waals surface area contributed by atoms with Crippen LogP contribution in [0.1, 0.15) is 69.7 Å². The summed E-state index contributed by atoms with van der Waals surface area (Å²) in [6.07, 6.45) is 3.72. The number of amides is 1. The first kappa shape index (κ1) is 29.8. The summed E-state index contributed by atoms with van der Waals surface area (Å²) in [5.74, 6) is -0.330. The van der Waals surface area contributed by atoms with Gasteiger partial charge in [0.2, 0.25) is 5.91 Å². The Hall–Kier alpha value is -3.73. The van der Waals surface area contributed by atoms with Crippen molar-refractivity contribution in [2.45, 2.75) is 69.9 Å². The van der Waals surface area contributed by atoms with Gasteiger partial charge in [0.15, 0.2) is 9.84 Å². The van der Waals surface area contributed by atoms with E-state index in [4.69, 9.17) is 9.47 Å². The predicted octanol–water partition coefficient (Wildman–Crippen LogP) is 4.69. The Bertz CT molecular complexity index is 1350. The van der Waals surface area contributed by atoms with Gasteiger partial charge >= 0.3 is 5.97 Å². The van der Waals surface area contributed by atoms with Crippen LogP contribution in [-0.2, 0) is 30.7 Å². The summed E-state index contributed by atoms with van der Waals surface area (Å²) in [5, 5.41) is 11.1. The number of unbranched alkanes of at least 4 members (excludes halogenated alkanes) is 2. The Morgan fingerprint density at radius 2 is 1.79 bits per heavy atom. The van der Waals surface area contributed by atoms with E-state index < -0.39 is 27.7 Å². The highest BCUT2D eigenvalue weighted by molar-refractivity contribution is 7.91. The molecule has 210 valence electrons. The van der Waals surface area contributed by atoms with Crippen molar-refractivity contribution in [3.8, 4) is 5.75 Å². The molecule has 3 aromatic rings. The highest BCUT2D eigenvalue weighted by atomic mass is 32.2. The van der Waals surface area contributed by atoms with Crippen LogP contribution in [0.15, 0.2) is 59.6 Å². The minimum atomic E-state index is -3.79. The van der Waals surface area contributed by atoms with Crippen molar-refractivity contribution in [3.63, 3.8) is 0 Å². The summed E-state index contributed by atoms with van der Waals surface area (Å²) in [6.45, 7) is 6.12. The summed E-state index contributed by atoms with van der Waals surface area (Å²) >= 11 is 0. The number of methoxy groups -OCH3 is 1. The van der Waals surface area contributed by atoms with Gasteiger partial charge in [-0.1, -0.05) is 37.6 Å². The largest absolute Gasteiger partial charge is 0.497 e. The maximum Gasteiger partial charge on any atom is 0.303 e. The third kappa shape index (κ3) is 9.20. The van der Waals surface area contributed by atoms with Crippen molar-refractivity contribution in [3.05, 3.63) is 66.0 Å². The van der Waals surface area contributed by atoms with Crippen LogP contribution in [0.2, 0.25) is 0 Å². The Morgan fingerprint density at radius 3 is 2.44 bits per heavy atom. The zero-order chi connectivity index (χ0) is 28.4. The molecule has 0 radical (unpaired) electrons. The number of sulfone groups is 1. The number of carbonyl (C=O) groups is 2. The normalized spacial score (nSPS) is 12.2. The van der Waals surface area contributed by atoms with E-state index in [1.54, 1.807) is 36.4 Å². The monoisotopic (exact) mass is 556 g/mol. The van der Waals surface area contributed by atoms with Crippen LogP contribution >= 0.6 is 0 Å². The zero-order valence-electron chi connectivity index (χ0n) is 22.8. The van der Waals surface area contributed by atoms with E-state index in [0.29, 0.717) is 35.8 Å². The van der Waals surface area contributed by atoms with Crippen molar-refractivity contribution in [1.29, 1.82) is 0 Å². The van der Waals surface area contributed by atoms with Gasteiger partial charge in [-0.05, 0) is 60.7 Å². The predicted molar refractivity (Wildman–Crippen MR) is 147 cm³/mol. The SMILES string of the molecule is COc1ccc(S(=O)(=O)CC(OC(C)=O)c2cccc(NC(=O)CCCCCn3cc(C(C)C)nn3)c2)cc1. The summed E-state index contributed by atoms with van der Waals surface area (Å²) < 4.78 is 38.4. The number of benzene rings is 2. The molecule has 2 aromatic carbocycles. The number of esters is 1. The van der Waals surface area contributed by atoms with E-state index in [1.807, 2.05) is 10.9 Å². The number of ether oxygens (including phenoxy) is 2. The minimum Gasteiger partial charge on any atom is -0.497 e. The summed E-state index contributed by atoms with van der Waals surface area (Å²) in [5.41, 5.74) is 1.93. The number of rotatable bonds is 14. The first-order valence-electron chi connectivity index (χ1n) is 12.9. The van der Waals surface area contributed by atoms with Crippen LogP contribution in [0.5, 0.6) is 5.75 Å². The standard InChI is InChI=1S/C28H36N4O6S/c1-20(2)26-18-32(31-30-26)16-7-5-6-11-28(34)29-23-10-8-9-22(17-23)27(38-21(3)33)19-39(35,36)25-14-12-24(37-4)13-15-25/h8-10,12-15,17-18,20,27H,5-7,11,16,19H2,1-4H3,(H,29,34). The van der Waals surface area contributed by atoms with Crippen LogP contribution in [-0.4, -0.2) is 48.2 Å². The van der Waals surface area contributed by atoms with Gasteiger partial charge < -0.3 is 14.8 Å². The molecule has 1 heterocycles. The molecule has 0 saturated heterocycles. The average molecular weight is 557 g/mol. The molecule has 11 heteroatoms. The summed E-state index contributed by atoms with van der Waals surface area (Å²) in [7, 11) is -2.29. The molecule has 10 nitrogen and oxygen atoms in total. The van der Waals surface area contributed by atoms with Crippen LogP contribution in [0.4, 0.5) is 5.69 Å². The fraction of sp³-hybridized carbons (Fsp3) is 0.429. The van der Waals surface area contributed by atoms with Gasteiger partial charge in [-0.2, -0.15) is 0 Å². The van der Waals surface area contributed by atoms with Crippen molar-refractivity contribution < 1.29 is 27.5 Å². The number of hydrogen-bond acceptors (Lipinski definition) is 8. The quantitative estimate of drug-likeness (QED) is 0.224. The van der Waals surface area contributed by atoms with Crippen LogP contribution in [0, 0.1) is 0 Å². The number of aryl methyl sites for hydroxylation is 1. The van der Waals surface area contributed by atoms with Crippen molar-refractivity contribution in [2.75, 3.05) is 18.2 Å². The molecule has 0 fully saturated rings. The number of hydrogen-bond donors (Lipinski definition) is 1. The third-order valence-electron chi connectivity index (χ3n) is 6.08. The lowest BCUT2D eigenvalue weighted by molar-refractivity contribution is -0.145. The Balaban J connectivity index is 1.56. The Labute approximate surface area is 229 Å². The van der Waals surface area contributed by atoms with Crippen LogP contribution in [0.25, 0.3) is 0 Å². The molecule has 1 unspecified atom stereocenters. The second kappa shape index (κ2) is 13.9. The first-order valence-corrected chi connectivity index (χ1v) is 14.6. The van der Waals surface area contributed by atoms with Crippen molar-refractivity contribution in [1.82, 2.24) is 15.0 Å². The fourth-order valence-electron chi connectivity index (χ4n) is 3.94. The highest BCUT2D eigenvalue weighted by Crippen LogP contribution is 2.27. The van der Waals surface area contributed by atoms with E-state index in [-0.39, 0.29) is 10.8 Å². The molecule has 0 spiro atoms. The Kier molecular flexibility index (Phi) is 10.6. The summed E-state index contributed by atoms with van der Waals surface area (Å²) in [4.78, 5) is 24.4. The van der Waals surface area contributed by atoms with Gasteiger partial charge in [-0.15, -0.1) is 5.10 Å². The molecule has 0 saturated carbocycles. The molecule has 1 amide bonds. The number of nitrogens with zero attached hydrogens (tertiary/aromatic N) is 3. The van der Waals surface area contributed by atoms with Crippen molar-refractivity contribution >= 4 is 27.4 Å². The number of anilines is 1. The number of carbonyl (C=O) groups excluding carboxylic acids is 2. The molecule has 3 rings (SSSR count). The van der Waals surface area contributed by atoms with E-state index >= 15 is 0 Å². The third-order valence-corrected chi connectivity index (χ3v) is 7.81. The smallest absolute Gasteiger partial charge is 0.303 e. The number of aromatic nitrogens is 3. The van der Waals surface area contributed by atoms with E-state index in [0.717, 1.165) is 25.1 Å². The van der Waals surface area contributed by atoms with E-state index in [1.165, 1.54) is 26.2 Å². The molecule has 1 aromatic heterocycles. The van der Waals surface area contributed by atoms with Gasteiger partial charge in [0.05, 0.1) is 23.5 Å².